The van der Waals surface area contributed by atoms with E-state index < -0.39 is 5.60 Å². The van der Waals surface area contributed by atoms with Crippen molar-refractivity contribution < 1.29 is 14.6 Å². The molecule has 1 aromatic rings. The van der Waals surface area contributed by atoms with Gasteiger partial charge >= 0.3 is 0 Å². The highest BCUT2D eigenvalue weighted by Gasteiger charge is 2.26. The maximum absolute atomic E-state index is 12.3. The number of ether oxygens (including phenoxy) is 1. The van der Waals surface area contributed by atoms with Gasteiger partial charge < -0.3 is 19.6 Å². The van der Waals surface area contributed by atoms with Crippen LogP contribution in [0.2, 0.25) is 0 Å². The predicted octanol–water partition coefficient (Wildman–Crippen LogP) is 2.14. The minimum Gasteiger partial charge on any atom is -0.491 e. The van der Waals surface area contributed by atoms with Gasteiger partial charge in [0.2, 0.25) is 5.91 Å². The first-order valence-corrected chi connectivity index (χ1v) is 8.35. The molecule has 1 aliphatic heterocycles. The molecule has 1 heterocycles. The normalized spacial score (nSPS) is 16.8. The highest BCUT2D eigenvalue weighted by molar-refractivity contribution is 5.76. The van der Waals surface area contributed by atoms with E-state index >= 15 is 0 Å². The molecule has 0 bridgehead atoms. The average Bonchev–Trinajstić information content (AvgIpc) is 2.72. The quantitative estimate of drug-likeness (QED) is 0.811. The molecule has 0 radical (unpaired) electrons. The number of allylic oxidation sites excluding steroid dienone is 1. The maximum atomic E-state index is 12.3. The number of carbonyl (C=O) groups excluding carboxylic acids is 1. The summed E-state index contributed by atoms with van der Waals surface area (Å²) in [5.41, 5.74) is 0.817. The molecule has 1 amide bonds. The molecule has 5 heteroatoms. The zero-order valence-electron chi connectivity index (χ0n) is 14.9. The molecule has 132 valence electrons. The number of aliphatic hydroxyl groups is 1. The number of fused-ring (bicyclic) bond motifs is 1. The first-order valence-electron chi connectivity index (χ1n) is 8.35. The number of nitrogens with zero attached hydrogens (tertiary/aromatic N) is 2. The molecule has 5 nitrogen and oxygen atoms in total. The van der Waals surface area contributed by atoms with Crippen LogP contribution in [0.5, 0.6) is 5.75 Å². The lowest BCUT2D eigenvalue weighted by atomic mass is 9.93. The highest BCUT2D eigenvalue weighted by Crippen LogP contribution is 2.30. The molecule has 1 N–H and O–H groups in total. The zero-order valence-corrected chi connectivity index (χ0v) is 14.9. The lowest BCUT2D eigenvalue weighted by Crippen LogP contribution is -2.35. The highest BCUT2D eigenvalue weighted by atomic mass is 16.5. The van der Waals surface area contributed by atoms with Crippen molar-refractivity contribution in [2.45, 2.75) is 31.9 Å². The molecule has 1 aromatic carbocycles. The van der Waals surface area contributed by atoms with Crippen molar-refractivity contribution >= 4 is 5.91 Å². The number of benzene rings is 1. The van der Waals surface area contributed by atoms with E-state index in [4.69, 9.17) is 4.74 Å². The fraction of sp³-hybridized carbons (Fsp3) is 0.526. The van der Waals surface area contributed by atoms with E-state index in [1.165, 1.54) is 0 Å². The number of hydrogen-bond donors (Lipinski definition) is 1. The number of hydrogen-bond acceptors (Lipinski definition) is 4. The van der Waals surface area contributed by atoms with Gasteiger partial charge in [0.05, 0.1) is 12.1 Å². The van der Waals surface area contributed by atoms with Gasteiger partial charge in [0.1, 0.15) is 12.4 Å². The Morgan fingerprint density at radius 2 is 2.25 bits per heavy atom. The van der Waals surface area contributed by atoms with E-state index in [1.807, 2.05) is 42.1 Å². The largest absolute Gasteiger partial charge is 0.491 e. The number of carbonyl (C=O) groups is 1. The number of likely N-dealkylation sites (N-methyl/N-ethyl adjacent to an activating group) is 1. The summed E-state index contributed by atoms with van der Waals surface area (Å²) in [6.07, 6.45) is 2.91. The van der Waals surface area contributed by atoms with Crippen molar-refractivity contribution in [2.75, 3.05) is 33.8 Å². The Balaban J connectivity index is 2.22. The molecule has 0 fully saturated rings. The van der Waals surface area contributed by atoms with Crippen molar-refractivity contribution in [1.29, 1.82) is 0 Å². The summed E-state index contributed by atoms with van der Waals surface area (Å²) in [7, 11) is 3.86. The first kappa shape index (κ1) is 18.5. The summed E-state index contributed by atoms with van der Waals surface area (Å²) in [5.74, 6) is 0.898. The predicted molar refractivity (Wildman–Crippen MR) is 94.9 cm³/mol. The second-order valence-electron chi connectivity index (χ2n) is 6.83. The molecule has 24 heavy (non-hydrogen) atoms. The molecule has 1 unspecified atom stereocenters. The smallest absolute Gasteiger partial charge is 0.223 e. The third-order valence-corrected chi connectivity index (χ3v) is 4.20. The van der Waals surface area contributed by atoms with Gasteiger partial charge in [-0.15, -0.1) is 6.58 Å². The molecule has 1 aliphatic rings. The Morgan fingerprint density at radius 3 is 2.92 bits per heavy atom. The molecule has 0 saturated carbocycles. The van der Waals surface area contributed by atoms with Gasteiger partial charge in [-0.25, -0.2) is 0 Å². The maximum Gasteiger partial charge on any atom is 0.223 e. The van der Waals surface area contributed by atoms with E-state index in [1.54, 1.807) is 13.0 Å². The third-order valence-electron chi connectivity index (χ3n) is 4.20. The van der Waals surface area contributed by atoms with Crippen LogP contribution in [-0.2, 0) is 16.9 Å². The van der Waals surface area contributed by atoms with Gasteiger partial charge in [-0.05, 0) is 45.1 Å². The molecule has 2 rings (SSSR count). The van der Waals surface area contributed by atoms with Crippen molar-refractivity contribution in [3.05, 3.63) is 42.0 Å². The van der Waals surface area contributed by atoms with E-state index in [-0.39, 0.29) is 5.91 Å². The minimum atomic E-state index is -0.956. The monoisotopic (exact) mass is 332 g/mol. The summed E-state index contributed by atoms with van der Waals surface area (Å²) < 4.78 is 5.78. The average molecular weight is 332 g/mol. The fourth-order valence-electron chi connectivity index (χ4n) is 3.03. The van der Waals surface area contributed by atoms with Crippen LogP contribution in [0.1, 0.15) is 30.9 Å². The van der Waals surface area contributed by atoms with Crippen molar-refractivity contribution in [3.8, 4) is 5.75 Å². The minimum absolute atomic E-state index is 0.108. The lowest BCUT2D eigenvalue weighted by Gasteiger charge is -2.28. The van der Waals surface area contributed by atoms with Crippen LogP contribution < -0.4 is 4.74 Å². The summed E-state index contributed by atoms with van der Waals surface area (Å²) in [6.45, 7) is 7.57. The molecular weight excluding hydrogens is 304 g/mol. The van der Waals surface area contributed by atoms with Crippen LogP contribution >= 0.6 is 0 Å². The Hall–Kier alpha value is -1.85. The molecular formula is C19H28N2O3. The van der Waals surface area contributed by atoms with Crippen LogP contribution in [-0.4, -0.2) is 54.6 Å². The Labute approximate surface area is 144 Å². The van der Waals surface area contributed by atoms with Crippen molar-refractivity contribution in [1.82, 2.24) is 9.80 Å². The van der Waals surface area contributed by atoms with Crippen LogP contribution in [0.25, 0.3) is 0 Å². The van der Waals surface area contributed by atoms with Gasteiger partial charge in [-0.1, -0.05) is 12.1 Å². The fourth-order valence-corrected chi connectivity index (χ4v) is 3.03. The molecule has 1 atom stereocenters. The zero-order chi connectivity index (χ0) is 17.7. The summed E-state index contributed by atoms with van der Waals surface area (Å²) in [6, 6.07) is 5.75. The first-order chi connectivity index (χ1) is 11.3. The van der Waals surface area contributed by atoms with Gasteiger partial charge in [0.15, 0.2) is 0 Å². The Bertz CT molecular complexity index is 596. The Morgan fingerprint density at radius 1 is 1.50 bits per heavy atom. The molecule has 0 saturated heterocycles. The van der Waals surface area contributed by atoms with Gasteiger partial charge in [-0.2, -0.15) is 0 Å². The third kappa shape index (κ3) is 4.58. The van der Waals surface area contributed by atoms with E-state index in [9.17, 15) is 9.90 Å². The van der Waals surface area contributed by atoms with Crippen molar-refractivity contribution in [3.63, 3.8) is 0 Å². The van der Waals surface area contributed by atoms with E-state index in [0.29, 0.717) is 39.1 Å². The molecule has 0 aromatic heterocycles. The SMILES string of the molecule is C=CCCC(=O)N1CCOc2ccc(C(C)(O)CN(C)C)cc2C1. The Kier molecular flexibility index (Phi) is 6.02. The van der Waals surface area contributed by atoms with E-state index in [0.717, 1.165) is 16.9 Å². The van der Waals surface area contributed by atoms with Gasteiger partial charge in [0.25, 0.3) is 0 Å². The summed E-state index contributed by atoms with van der Waals surface area (Å²) in [4.78, 5) is 16.1. The van der Waals surface area contributed by atoms with Crippen LogP contribution in [0.3, 0.4) is 0 Å². The van der Waals surface area contributed by atoms with Gasteiger partial charge in [-0.3, -0.25) is 4.79 Å². The standard InChI is InChI=1S/C19H28N2O3/c1-5-6-7-18(22)21-10-11-24-17-9-8-16(12-15(17)13-21)19(2,23)14-20(3)4/h5,8-9,12,23H,1,6-7,10-11,13-14H2,2-4H3. The topological polar surface area (TPSA) is 53.0 Å². The van der Waals surface area contributed by atoms with Crippen LogP contribution in [0.15, 0.2) is 30.9 Å². The molecule has 0 aliphatic carbocycles. The number of amides is 1. The summed E-state index contributed by atoms with van der Waals surface area (Å²) in [5, 5.41) is 10.7. The molecule has 0 spiro atoms. The number of rotatable bonds is 6. The van der Waals surface area contributed by atoms with Crippen LogP contribution in [0.4, 0.5) is 0 Å². The summed E-state index contributed by atoms with van der Waals surface area (Å²) >= 11 is 0. The lowest BCUT2D eigenvalue weighted by molar-refractivity contribution is -0.131. The van der Waals surface area contributed by atoms with E-state index in [2.05, 4.69) is 6.58 Å². The van der Waals surface area contributed by atoms with Crippen LogP contribution in [0, 0.1) is 0 Å². The second-order valence-corrected chi connectivity index (χ2v) is 6.83. The second kappa shape index (κ2) is 7.81. The van der Waals surface area contributed by atoms with Crippen molar-refractivity contribution in [2.24, 2.45) is 0 Å². The van der Waals surface area contributed by atoms with Gasteiger partial charge in [0, 0.05) is 25.1 Å².